The van der Waals surface area contributed by atoms with Gasteiger partial charge < -0.3 is 10.2 Å². The molecule has 4 heteroatoms. The van der Waals surface area contributed by atoms with Crippen molar-refractivity contribution in [1.29, 1.82) is 0 Å². The zero-order chi connectivity index (χ0) is 12.8. The lowest BCUT2D eigenvalue weighted by molar-refractivity contribution is 0.670. The highest BCUT2D eigenvalue weighted by atomic mass is 32.1. The van der Waals surface area contributed by atoms with E-state index < -0.39 is 0 Å². The lowest BCUT2D eigenvalue weighted by atomic mass is 10.1. The number of hydrogen-bond acceptors (Lipinski definition) is 4. The minimum atomic E-state index is 0.503. The topological polar surface area (TPSA) is 28.2 Å². The molecular formula is C13H25N3S. The van der Waals surface area contributed by atoms with Gasteiger partial charge in [0.2, 0.25) is 0 Å². The monoisotopic (exact) mass is 255 g/mol. The van der Waals surface area contributed by atoms with E-state index in [-0.39, 0.29) is 0 Å². The minimum Gasteiger partial charge on any atom is -0.351 e. The van der Waals surface area contributed by atoms with Gasteiger partial charge in [0.05, 0.1) is 5.69 Å². The SMILES string of the molecule is CCCNCc1sc(N(C)CC)nc1C(C)C. The normalized spacial score (nSPS) is 11.2. The molecule has 0 bridgehead atoms. The van der Waals surface area contributed by atoms with Gasteiger partial charge in [-0.25, -0.2) is 4.98 Å². The first-order valence-corrected chi connectivity index (χ1v) is 7.33. The molecule has 98 valence electrons. The van der Waals surface area contributed by atoms with Gasteiger partial charge in [-0.2, -0.15) is 0 Å². The van der Waals surface area contributed by atoms with E-state index in [9.17, 15) is 0 Å². The Kier molecular flexibility index (Phi) is 5.92. The summed E-state index contributed by atoms with van der Waals surface area (Å²) in [6, 6.07) is 0. The molecule has 1 N–H and O–H groups in total. The highest BCUT2D eigenvalue weighted by Gasteiger charge is 2.15. The maximum absolute atomic E-state index is 4.76. The second-order valence-electron chi connectivity index (χ2n) is 4.65. The fourth-order valence-electron chi connectivity index (χ4n) is 1.61. The van der Waals surface area contributed by atoms with Crippen molar-refractivity contribution in [2.45, 2.75) is 46.6 Å². The molecule has 0 saturated heterocycles. The number of thiazole rings is 1. The fraction of sp³-hybridized carbons (Fsp3) is 0.769. The first-order valence-electron chi connectivity index (χ1n) is 6.51. The number of rotatable bonds is 7. The molecule has 0 radical (unpaired) electrons. The Morgan fingerprint density at radius 1 is 1.35 bits per heavy atom. The Bertz CT molecular complexity index is 333. The number of anilines is 1. The summed E-state index contributed by atoms with van der Waals surface area (Å²) in [5.74, 6) is 0.503. The molecular weight excluding hydrogens is 230 g/mol. The molecule has 0 aliphatic rings. The molecule has 0 aromatic carbocycles. The van der Waals surface area contributed by atoms with Crippen LogP contribution in [0.3, 0.4) is 0 Å². The highest BCUT2D eigenvalue weighted by Crippen LogP contribution is 2.30. The zero-order valence-electron chi connectivity index (χ0n) is 11.7. The van der Waals surface area contributed by atoms with Crippen molar-refractivity contribution < 1.29 is 0 Å². The third kappa shape index (κ3) is 3.96. The molecule has 0 unspecified atom stereocenters. The average Bonchev–Trinajstić information content (AvgIpc) is 2.73. The van der Waals surface area contributed by atoms with Crippen molar-refractivity contribution in [3.63, 3.8) is 0 Å². The van der Waals surface area contributed by atoms with E-state index in [0.29, 0.717) is 5.92 Å². The summed E-state index contributed by atoms with van der Waals surface area (Å²) in [6.45, 7) is 11.8. The lowest BCUT2D eigenvalue weighted by Crippen LogP contribution is -2.15. The zero-order valence-corrected chi connectivity index (χ0v) is 12.5. The van der Waals surface area contributed by atoms with Crippen LogP contribution < -0.4 is 10.2 Å². The molecule has 0 aliphatic heterocycles. The molecule has 0 fully saturated rings. The van der Waals surface area contributed by atoms with Crippen molar-refractivity contribution in [2.75, 3.05) is 25.0 Å². The average molecular weight is 255 g/mol. The maximum atomic E-state index is 4.76. The van der Waals surface area contributed by atoms with E-state index in [4.69, 9.17) is 4.98 Å². The molecule has 1 aromatic heterocycles. The van der Waals surface area contributed by atoms with Gasteiger partial charge in [0, 0.05) is 25.0 Å². The van der Waals surface area contributed by atoms with Crippen LogP contribution >= 0.6 is 11.3 Å². The van der Waals surface area contributed by atoms with Crippen molar-refractivity contribution in [1.82, 2.24) is 10.3 Å². The van der Waals surface area contributed by atoms with E-state index in [2.05, 4.69) is 45.0 Å². The van der Waals surface area contributed by atoms with E-state index in [0.717, 1.165) is 24.8 Å². The quantitative estimate of drug-likeness (QED) is 0.758. The minimum absolute atomic E-state index is 0.503. The Labute approximate surface area is 109 Å². The molecule has 0 atom stereocenters. The van der Waals surface area contributed by atoms with Crippen LogP contribution in [0.1, 0.15) is 50.6 Å². The van der Waals surface area contributed by atoms with E-state index in [1.807, 2.05) is 11.3 Å². The standard InChI is InChI=1S/C13H25N3S/c1-6-8-14-9-11-12(10(3)4)15-13(17-11)16(5)7-2/h10,14H,6-9H2,1-5H3. The second kappa shape index (κ2) is 6.97. The van der Waals surface area contributed by atoms with Gasteiger partial charge >= 0.3 is 0 Å². The summed E-state index contributed by atoms with van der Waals surface area (Å²) >= 11 is 1.82. The van der Waals surface area contributed by atoms with Crippen molar-refractivity contribution in [3.8, 4) is 0 Å². The van der Waals surface area contributed by atoms with Gasteiger partial charge in [0.25, 0.3) is 0 Å². The number of nitrogens with zero attached hydrogens (tertiary/aromatic N) is 2. The summed E-state index contributed by atoms with van der Waals surface area (Å²) in [5.41, 5.74) is 1.26. The van der Waals surface area contributed by atoms with Gasteiger partial charge in [0.15, 0.2) is 5.13 Å². The molecule has 0 saturated carbocycles. The van der Waals surface area contributed by atoms with Gasteiger partial charge in [-0.3, -0.25) is 0 Å². The largest absolute Gasteiger partial charge is 0.351 e. The van der Waals surface area contributed by atoms with E-state index >= 15 is 0 Å². The van der Waals surface area contributed by atoms with Gasteiger partial charge in [-0.1, -0.05) is 20.8 Å². The summed E-state index contributed by atoms with van der Waals surface area (Å²) in [4.78, 5) is 8.36. The van der Waals surface area contributed by atoms with Gasteiger partial charge in [-0.05, 0) is 25.8 Å². The molecule has 17 heavy (non-hydrogen) atoms. The predicted molar refractivity (Wildman–Crippen MR) is 77.1 cm³/mol. The maximum Gasteiger partial charge on any atom is 0.185 e. The second-order valence-corrected chi connectivity index (χ2v) is 5.71. The van der Waals surface area contributed by atoms with Crippen LogP contribution in [-0.2, 0) is 6.54 Å². The Hall–Kier alpha value is -0.610. The first kappa shape index (κ1) is 14.5. The Morgan fingerprint density at radius 2 is 2.06 bits per heavy atom. The van der Waals surface area contributed by atoms with Crippen LogP contribution in [0.2, 0.25) is 0 Å². The van der Waals surface area contributed by atoms with Gasteiger partial charge in [0.1, 0.15) is 0 Å². The summed E-state index contributed by atoms with van der Waals surface area (Å²) in [6.07, 6.45) is 1.18. The molecule has 0 aliphatic carbocycles. The Morgan fingerprint density at radius 3 is 2.59 bits per heavy atom. The molecule has 1 heterocycles. The molecule has 0 amide bonds. The third-order valence-electron chi connectivity index (χ3n) is 2.78. The van der Waals surface area contributed by atoms with Crippen molar-refractivity contribution >= 4 is 16.5 Å². The van der Waals surface area contributed by atoms with E-state index in [1.54, 1.807) is 0 Å². The Balaban J connectivity index is 2.81. The fourth-order valence-corrected chi connectivity index (χ4v) is 2.82. The number of aromatic nitrogens is 1. The van der Waals surface area contributed by atoms with Crippen LogP contribution in [0, 0.1) is 0 Å². The molecule has 1 rings (SSSR count). The summed E-state index contributed by atoms with van der Waals surface area (Å²) in [7, 11) is 2.10. The smallest absolute Gasteiger partial charge is 0.185 e. The summed E-state index contributed by atoms with van der Waals surface area (Å²) in [5, 5.41) is 4.61. The number of nitrogens with one attached hydrogen (secondary N) is 1. The predicted octanol–water partition coefficient (Wildman–Crippen LogP) is 3.22. The third-order valence-corrected chi connectivity index (χ3v) is 3.96. The summed E-state index contributed by atoms with van der Waals surface area (Å²) < 4.78 is 0. The highest BCUT2D eigenvalue weighted by molar-refractivity contribution is 7.15. The van der Waals surface area contributed by atoms with Crippen LogP contribution in [0.15, 0.2) is 0 Å². The molecule has 0 spiro atoms. The van der Waals surface area contributed by atoms with Crippen LogP contribution in [0.25, 0.3) is 0 Å². The van der Waals surface area contributed by atoms with Crippen LogP contribution in [0.5, 0.6) is 0 Å². The molecule has 1 aromatic rings. The van der Waals surface area contributed by atoms with E-state index in [1.165, 1.54) is 17.0 Å². The number of hydrogen-bond donors (Lipinski definition) is 1. The van der Waals surface area contributed by atoms with Crippen LogP contribution in [0.4, 0.5) is 5.13 Å². The van der Waals surface area contributed by atoms with Crippen molar-refractivity contribution in [2.24, 2.45) is 0 Å². The van der Waals surface area contributed by atoms with Gasteiger partial charge in [-0.15, -0.1) is 11.3 Å². The van der Waals surface area contributed by atoms with Crippen LogP contribution in [-0.4, -0.2) is 25.1 Å². The molecule has 3 nitrogen and oxygen atoms in total. The van der Waals surface area contributed by atoms with Crippen molar-refractivity contribution in [3.05, 3.63) is 10.6 Å². The lowest BCUT2D eigenvalue weighted by Gasteiger charge is -2.11. The first-order chi connectivity index (χ1) is 8.10.